The van der Waals surface area contributed by atoms with Gasteiger partial charge in [-0.1, -0.05) is 0 Å². The third-order valence-corrected chi connectivity index (χ3v) is 1.53. The number of aliphatic hydroxyl groups is 2. The first-order chi connectivity index (χ1) is 5.60. The van der Waals surface area contributed by atoms with Gasteiger partial charge in [-0.2, -0.15) is 0 Å². The summed E-state index contributed by atoms with van der Waals surface area (Å²) in [6.07, 6.45) is 6.11. The Morgan fingerprint density at radius 2 is 1.50 bits per heavy atom. The SMILES string of the molecule is C#CC(O)O[PH](=O)OC(O)C#C. The zero-order chi connectivity index (χ0) is 9.56. The minimum atomic E-state index is -3.05. The first-order valence-electron chi connectivity index (χ1n) is 2.75. The molecule has 0 aromatic heterocycles. The molecule has 0 aromatic rings. The number of rotatable bonds is 4. The molecule has 0 saturated carbocycles. The van der Waals surface area contributed by atoms with E-state index in [0.29, 0.717) is 0 Å². The van der Waals surface area contributed by atoms with Crippen LogP contribution in [0.25, 0.3) is 0 Å². The van der Waals surface area contributed by atoms with Crippen molar-refractivity contribution in [3.8, 4) is 24.7 Å². The van der Waals surface area contributed by atoms with Crippen LogP contribution in [0.15, 0.2) is 0 Å². The van der Waals surface area contributed by atoms with Gasteiger partial charge in [0.1, 0.15) is 0 Å². The molecule has 0 rings (SSSR count). The second kappa shape index (κ2) is 5.79. The van der Waals surface area contributed by atoms with Crippen LogP contribution in [0.1, 0.15) is 0 Å². The molecule has 0 aliphatic carbocycles. The average Bonchev–Trinajstić information content (AvgIpc) is 2.03. The molecule has 66 valence electrons. The van der Waals surface area contributed by atoms with E-state index in [1.54, 1.807) is 11.8 Å². The van der Waals surface area contributed by atoms with Gasteiger partial charge >= 0.3 is 8.25 Å². The van der Waals surface area contributed by atoms with Crippen LogP contribution >= 0.6 is 8.25 Å². The summed E-state index contributed by atoms with van der Waals surface area (Å²) < 4.78 is 18.9. The van der Waals surface area contributed by atoms with Crippen LogP contribution in [0.4, 0.5) is 0 Å². The highest BCUT2D eigenvalue weighted by atomic mass is 31.1. The van der Waals surface area contributed by atoms with Crippen molar-refractivity contribution in [2.24, 2.45) is 0 Å². The lowest BCUT2D eigenvalue weighted by Gasteiger charge is -2.07. The number of hydrogen-bond acceptors (Lipinski definition) is 5. The van der Waals surface area contributed by atoms with Crippen molar-refractivity contribution in [2.75, 3.05) is 0 Å². The Morgan fingerprint density at radius 1 is 1.17 bits per heavy atom. The molecule has 0 aliphatic heterocycles. The Hall–Kier alpha value is -0.810. The van der Waals surface area contributed by atoms with E-state index in [4.69, 9.17) is 10.2 Å². The smallest absolute Gasteiger partial charge is 0.325 e. The predicted octanol–water partition coefficient (Wildman–Crippen LogP) is -0.688. The molecule has 0 saturated heterocycles. The highest BCUT2D eigenvalue weighted by Gasteiger charge is 2.09. The molecule has 2 N–H and O–H groups in total. The van der Waals surface area contributed by atoms with E-state index in [1.165, 1.54) is 0 Å². The second-order valence-corrected chi connectivity index (χ2v) is 2.50. The summed E-state index contributed by atoms with van der Waals surface area (Å²) in [5.74, 6) is 3.47. The Bertz CT molecular complexity index is 213. The Balaban J connectivity index is 3.78. The first-order valence-corrected chi connectivity index (χ1v) is 3.98. The molecule has 6 heteroatoms. The third kappa shape index (κ3) is 4.92. The van der Waals surface area contributed by atoms with Gasteiger partial charge in [-0.05, 0) is 11.8 Å². The molecular formula is C6H7O5P. The molecule has 0 fully saturated rings. The van der Waals surface area contributed by atoms with Gasteiger partial charge in [0.25, 0.3) is 0 Å². The van der Waals surface area contributed by atoms with Crippen LogP contribution in [-0.4, -0.2) is 22.8 Å². The number of hydrogen-bond donors (Lipinski definition) is 2. The maximum absolute atomic E-state index is 10.6. The van der Waals surface area contributed by atoms with Crippen molar-refractivity contribution in [1.29, 1.82) is 0 Å². The van der Waals surface area contributed by atoms with Crippen LogP contribution in [0.3, 0.4) is 0 Å². The summed E-state index contributed by atoms with van der Waals surface area (Å²) in [4.78, 5) is 0. The third-order valence-electron chi connectivity index (χ3n) is 0.701. The van der Waals surface area contributed by atoms with E-state index in [2.05, 4.69) is 21.9 Å². The lowest BCUT2D eigenvalue weighted by molar-refractivity contribution is -0.0114. The molecule has 0 radical (unpaired) electrons. The molecule has 12 heavy (non-hydrogen) atoms. The normalized spacial score (nSPS) is 17.0. The van der Waals surface area contributed by atoms with Gasteiger partial charge in [0.2, 0.25) is 12.6 Å². The Morgan fingerprint density at radius 3 is 1.75 bits per heavy atom. The van der Waals surface area contributed by atoms with E-state index in [-0.39, 0.29) is 0 Å². The molecule has 0 amide bonds. The highest BCUT2D eigenvalue weighted by molar-refractivity contribution is 7.33. The lowest BCUT2D eigenvalue weighted by Crippen LogP contribution is -2.08. The van der Waals surface area contributed by atoms with Crippen molar-refractivity contribution >= 4 is 8.25 Å². The van der Waals surface area contributed by atoms with Gasteiger partial charge in [0.15, 0.2) is 0 Å². The van der Waals surface area contributed by atoms with Crippen molar-refractivity contribution in [3.63, 3.8) is 0 Å². The van der Waals surface area contributed by atoms with Crippen LogP contribution in [0.2, 0.25) is 0 Å². The van der Waals surface area contributed by atoms with Crippen molar-refractivity contribution in [2.45, 2.75) is 12.6 Å². The molecular weight excluding hydrogens is 183 g/mol. The van der Waals surface area contributed by atoms with Gasteiger partial charge in [0.05, 0.1) is 0 Å². The molecule has 5 nitrogen and oxygen atoms in total. The fraction of sp³-hybridized carbons (Fsp3) is 0.333. The topological polar surface area (TPSA) is 76.0 Å². The zero-order valence-electron chi connectivity index (χ0n) is 5.93. The Kier molecular flexibility index (Phi) is 5.40. The van der Waals surface area contributed by atoms with Crippen LogP contribution in [0.5, 0.6) is 0 Å². The fourth-order valence-electron chi connectivity index (χ4n) is 0.278. The summed E-state index contributed by atoms with van der Waals surface area (Å²) in [7, 11) is -3.05. The number of aliphatic hydroxyl groups excluding tert-OH is 2. The van der Waals surface area contributed by atoms with Gasteiger partial charge < -0.3 is 10.2 Å². The summed E-state index contributed by atoms with van der Waals surface area (Å²) in [6, 6.07) is 0. The minimum absolute atomic E-state index is 1.62. The van der Waals surface area contributed by atoms with Crippen LogP contribution in [0, 0.1) is 24.7 Å². The maximum Gasteiger partial charge on any atom is 0.325 e. The lowest BCUT2D eigenvalue weighted by atomic mass is 10.7. The summed E-state index contributed by atoms with van der Waals surface area (Å²) >= 11 is 0. The fourth-order valence-corrected chi connectivity index (χ4v) is 0.834. The van der Waals surface area contributed by atoms with Gasteiger partial charge in [-0.25, -0.2) is 0 Å². The molecule has 2 atom stereocenters. The first kappa shape index (κ1) is 11.2. The monoisotopic (exact) mass is 190 g/mol. The van der Waals surface area contributed by atoms with Gasteiger partial charge in [0, 0.05) is 0 Å². The van der Waals surface area contributed by atoms with Gasteiger partial charge in [-0.15, -0.1) is 12.8 Å². The van der Waals surface area contributed by atoms with E-state index in [1.807, 2.05) is 0 Å². The maximum atomic E-state index is 10.6. The second-order valence-electron chi connectivity index (χ2n) is 1.52. The summed E-state index contributed by atoms with van der Waals surface area (Å²) in [5.41, 5.74) is 0. The van der Waals surface area contributed by atoms with E-state index >= 15 is 0 Å². The van der Waals surface area contributed by atoms with Crippen LogP contribution in [-0.2, 0) is 13.6 Å². The molecule has 0 heterocycles. The molecule has 0 bridgehead atoms. The quantitative estimate of drug-likeness (QED) is 0.348. The summed E-state index contributed by atoms with van der Waals surface area (Å²) in [6.45, 7) is 0. The van der Waals surface area contributed by atoms with E-state index in [9.17, 15) is 4.57 Å². The van der Waals surface area contributed by atoms with Crippen molar-refractivity contribution in [1.82, 2.24) is 0 Å². The zero-order valence-corrected chi connectivity index (χ0v) is 6.93. The van der Waals surface area contributed by atoms with E-state index < -0.39 is 20.8 Å². The van der Waals surface area contributed by atoms with Crippen molar-refractivity contribution in [3.05, 3.63) is 0 Å². The van der Waals surface area contributed by atoms with Gasteiger partial charge in [-0.3, -0.25) is 13.6 Å². The largest absolute Gasteiger partial charge is 0.358 e. The number of terminal acetylenes is 2. The highest BCUT2D eigenvalue weighted by Crippen LogP contribution is 2.26. The summed E-state index contributed by atoms with van der Waals surface area (Å²) in [5, 5.41) is 17.1. The standard InChI is InChI=1S/C6H7O5P/c1-3-5(7)10-12(9)11-6(8)4-2/h1-2,5-8,12H. The van der Waals surface area contributed by atoms with E-state index in [0.717, 1.165) is 0 Å². The van der Waals surface area contributed by atoms with Crippen molar-refractivity contribution < 1.29 is 23.8 Å². The average molecular weight is 190 g/mol. The molecule has 2 unspecified atom stereocenters. The molecule has 0 aliphatic rings. The Labute approximate surface area is 70.3 Å². The molecule has 0 aromatic carbocycles. The molecule has 0 spiro atoms. The van der Waals surface area contributed by atoms with Crippen LogP contribution < -0.4 is 0 Å². The predicted molar refractivity (Wildman–Crippen MR) is 40.9 cm³/mol. The minimum Gasteiger partial charge on any atom is -0.358 e.